The van der Waals surface area contributed by atoms with E-state index in [0.717, 1.165) is 11.1 Å². The average Bonchev–Trinajstić information content (AvgIpc) is 2.44. The van der Waals surface area contributed by atoms with Crippen molar-refractivity contribution in [1.82, 2.24) is 0 Å². The van der Waals surface area contributed by atoms with Crippen molar-refractivity contribution in [3.63, 3.8) is 0 Å². The zero-order valence-corrected chi connectivity index (χ0v) is 7.00. The number of rotatable bonds is 1. The minimum Gasteiger partial charge on any atom is -0.472 e. The number of fused-ring (bicyclic) bond motifs is 1. The second-order valence-corrected chi connectivity index (χ2v) is 2.87. The predicted octanol–water partition coefficient (Wildman–Crippen LogP) is 3.34. The Bertz CT molecular complexity index is 384. The summed E-state index contributed by atoms with van der Waals surface area (Å²) in [5, 5.41) is 0. The molecule has 0 saturated heterocycles. The van der Waals surface area contributed by atoms with Crippen LogP contribution in [0.15, 0.2) is 35.7 Å². The molecular weight excluding hydrogens is 148 g/mol. The molecule has 0 unspecified atom stereocenters. The maximum atomic E-state index is 5.10. The van der Waals surface area contributed by atoms with E-state index in [1.165, 1.54) is 11.1 Å². The molecule has 0 fully saturated rings. The minimum atomic E-state index is 1.14. The maximum absolute atomic E-state index is 5.10. The summed E-state index contributed by atoms with van der Waals surface area (Å²) in [6.45, 7) is 5.85. The first-order chi connectivity index (χ1) is 5.83. The Morgan fingerprint density at radius 1 is 1.42 bits per heavy atom. The van der Waals surface area contributed by atoms with Crippen LogP contribution >= 0.6 is 0 Å². The molecule has 0 radical (unpaired) electrons. The molecule has 0 aromatic heterocycles. The van der Waals surface area contributed by atoms with Gasteiger partial charge < -0.3 is 4.42 Å². The summed E-state index contributed by atoms with van der Waals surface area (Å²) in [4.78, 5) is 0. The van der Waals surface area contributed by atoms with Crippen molar-refractivity contribution in [2.45, 2.75) is 6.92 Å². The van der Waals surface area contributed by atoms with E-state index in [-0.39, 0.29) is 0 Å². The molecule has 0 saturated carbocycles. The summed E-state index contributed by atoms with van der Waals surface area (Å²) in [7, 11) is 0. The van der Waals surface area contributed by atoms with E-state index in [0.29, 0.717) is 0 Å². The van der Waals surface area contributed by atoms with Crippen molar-refractivity contribution < 1.29 is 4.42 Å². The summed E-state index contributed by atoms with van der Waals surface area (Å²) < 4.78 is 5.10. The minimum absolute atomic E-state index is 1.14. The van der Waals surface area contributed by atoms with Crippen LogP contribution in [-0.2, 0) is 0 Å². The van der Waals surface area contributed by atoms with E-state index in [4.69, 9.17) is 4.42 Å². The smallest absolute Gasteiger partial charge is 0.0985 e. The summed E-state index contributed by atoms with van der Waals surface area (Å²) >= 11 is 0. The highest BCUT2D eigenvalue weighted by Gasteiger charge is 2.10. The van der Waals surface area contributed by atoms with Gasteiger partial charge in [-0.3, -0.25) is 0 Å². The van der Waals surface area contributed by atoms with Crippen LogP contribution in [-0.4, -0.2) is 0 Å². The molecule has 1 heteroatoms. The highest BCUT2D eigenvalue weighted by atomic mass is 16.3. The fraction of sp³-hybridized carbons (Fsp3) is 0.0909. The standard InChI is InChI=1S/C11H10O/c1-3-9-6-8(2)10-4-5-12-7-11(9)10/h3-7H,1H2,2H3. The van der Waals surface area contributed by atoms with Gasteiger partial charge in [-0.2, -0.15) is 0 Å². The van der Waals surface area contributed by atoms with Gasteiger partial charge in [0.25, 0.3) is 0 Å². The van der Waals surface area contributed by atoms with Crippen molar-refractivity contribution in [3.05, 3.63) is 42.4 Å². The first-order valence-electron chi connectivity index (χ1n) is 3.91. The van der Waals surface area contributed by atoms with Crippen LogP contribution in [0.4, 0.5) is 0 Å². The van der Waals surface area contributed by atoms with Gasteiger partial charge in [0.1, 0.15) is 0 Å². The fourth-order valence-corrected chi connectivity index (χ4v) is 1.49. The van der Waals surface area contributed by atoms with Gasteiger partial charge in [-0.1, -0.05) is 18.7 Å². The molecule has 1 aliphatic carbocycles. The molecule has 2 aliphatic rings. The van der Waals surface area contributed by atoms with Gasteiger partial charge in [0.05, 0.1) is 12.5 Å². The van der Waals surface area contributed by atoms with Gasteiger partial charge in [0.2, 0.25) is 0 Å². The van der Waals surface area contributed by atoms with Gasteiger partial charge in [-0.05, 0) is 29.7 Å². The Labute approximate surface area is 71.7 Å². The Hall–Kier alpha value is -1.50. The summed E-state index contributed by atoms with van der Waals surface area (Å²) in [6.07, 6.45) is 5.31. The second-order valence-electron chi connectivity index (χ2n) is 2.87. The van der Waals surface area contributed by atoms with Gasteiger partial charge in [0, 0.05) is 5.56 Å². The second kappa shape index (κ2) is 2.52. The molecular formula is C11H10O. The van der Waals surface area contributed by atoms with Crippen LogP contribution in [0.25, 0.3) is 17.2 Å². The van der Waals surface area contributed by atoms with Gasteiger partial charge >= 0.3 is 0 Å². The molecule has 2 rings (SSSR count). The van der Waals surface area contributed by atoms with E-state index in [2.05, 4.69) is 19.6 Å². The monoisotopic (exact) mass is 158 g/mol. The van der Waals surface area contributed by atoms with Crippen LogP contribution in [0.3, 0.4) is 0 Å². The number of hydrogen-bond acceptors (Lipinski definition) is 1. The van der Waals surface area contributed by atoms with Crippen LogP contribution in [0.5, 0.6) is 0 Å². The zero-order chi connectivity index (χ0) is 8.55. The SMILES string of the molecule is C=Cc1cc(C)c2ccocc1-2. The summed E-state index contributed by atoms with van der Waals surface area (Å²) in [5.74, 6) is 0. The topological polar surface area (TPSA) is 13.1 Å². The Morgan fingerprint density at radius 2 is 2.25 bits per heavy atom. The predicted molar refractivity (Wildman–Crippen MR) is 50.2 cm³/mol. The van der Waals surface area contributed by atoms with E-state index in [9.17, 15) is 0 Å². The third kappa shape index (κ3) is 0.866. The van der Waals surface area contributed by atoms with Crippen LogP contribution in [0.2, 0.25) is 0 Å². The van der Waals surface area contributed by atoms with Crippen molar-refractivity contribution in [2.24, 2.45) is 0 Å². The number of aryl methyl sites for hydroxylation is 1. The maximum Gasteiger partial charge on any atom is 0.0985 e. The molecule has 0 aromatic carbocycles. The molecule has 0 amide bonds. The van der Waals surface area contributed by atoms with Crippen LogP contribution < -0.4 is 0 Å². The third-order valence-corrected chi connectivity index (χ3v) is 2.12. The van der Waals surface area contributed by atoms with Gasteiger partial charge in [-0.25, -0.2) is 0 Å². The first-order valence-corrected chi connectivity index (χ1v) is 3.91. The highest BCUT2D eigenvalue weighted by Crippen LogP contribution is 2.32. The third-order valence-electron chi connectivity index (χ3n) is 2.12. The van der Waals surface area contributed by atoms with Crippen LogP contribution in [0, 0.1) is 6.92 Å². The Morgan fingerprint density at radius 3 is 3.00 bits per heavy atom. The summed E-state index contributed by atoms with van der Waals surface area (Å²) in [6, 6.07) is 4.10. The molecule has 12 heavy (non-hydrogen) atoms. The Kier molecular flexibility index (Phi) is 1.51. The van der Waals surface area contributed by atoms with E-state index < -0.39 is 0 Å². The van der Waals surface area contributed by atoms with E-state index in [1.807, 2.05) is 12.1 Å². The number of hydrogen-bond donors (Lipinski definition) is 0. The largest absolute Gasteiger partial charge is 0.472 e. The molecule has 1 nitrogen and oxygen atoms in total. The van der Waals surface area contributed by atoms with E-state index >= 15 is 0 Å². The van der Waals surface area contributed by atoms with Crippen molar-refractivity contribution >= 4 is 6.08 Å². The quantitative estimate of drug-likeness (QED) is 0.620. The normalized spacial score (nSPS) is 10.4. The summed E-state index contributed by atoms with van der Waals surface area (Å²) in [5.41, 5.74) is 4.81. The van der Waals surface area contributed by atoms with Crippen molar-refractivity contribution in [3.8, 4) is 11.1 Å². The molecule has 0 bridgehead atoms. The van der Waals surface area contributed by atoms with Gasteiger partial charge in [-0.15, -0.1) is 0 Å². The zero-order valence-electron chi connectivity index (χ0n) is 7.00. The molecule has 0 atom stereocenters. The Balaban J connectivity index is 2.78. The molecule has 0 spiro atoms. The molecule has 0 N–H and O–H groups in total. The van der Waals surface area contributed by atoms with Crippen molar-refractivity contribution in [2.75, 3.05) is 0 Å². The average molecular weight is 158 g/mol. The van der Waals surface area contributed by atoms with Crippen molar-refractivity contribution in [1.29, 1.82) is 0 Å². The fourth-order valence-electron chi connectivity index (χ4n) is 1.49. The highest BCUT2D eigenvalue weighted by molar-refractivity contribution is 5.80. The first kappa shape index (κ1) is 7.17. The van der Waals surface area contributed by atoms with Gasteiger partial charge in [0.15, 0.2) is 0 Å². The lowest BCUT2D eigenvalue weighted by Crippen LogP contribution is -1.75. The lowest BCUT2D eigenvalue weighted by Gasteiger charge is -1.98. The molecule has 0 aromatic rings. The van der Waals surface area contributed by atoms with E-state index in [1.54, 1.807) is 12.5 Å². The lowest BCUT2D eigenvalue weighted by molar-refractivity contribution is 0.552. The molecule has 60 valence electrons. The lowest BCUT2D eigenvalue weighted by atomic mass is 10.1. The molecule has 1 aliphatic heterocycles. The van der Waals surface area contributed by atoms with Crippen LogP contribution in [0.1, 0.15) is 11.1 Å². The molecule has 1 heterocycles.